The molecule has 27 heavy (non-hydrogen) atoms. The zero-order valence-electron chi connectivity index (χ0n) is 15.7. The molecule has 8 heteroatoms. The molecular formula is C19H26N6O2. The molecule has 0 radical (unpaired) electrons. The second-order valence-corrected chi connectivity index (χ2v) is 6.17. The summed E-state index contributed by atoms with van der Waals surface area (Å²) in [4.78, 5) is 31.9. The summed E-state index contributed by atoms with van der Waals surface area (Å²) in [6.45, 7) is 2.82. The van der Waals surface area contributed by atoms with Gasteiger partial charge in [0.25, 0.3) is 5.91 Å². The summed E-state index contributed by atoms with van der Waals surface area (Å²) in [7, 11) is 1.60. The fourth-order valence-electron chi connectivity index (χ4n) is 2.55. The van der Waals surface area contributed by atoms with Crippen molar-refractivity contribution in [3.8, 4) is 0 Å². The van der Waals surface area contributed by atoms with Crippen LogP contribution in [0, 0.1) is 6.92 Å². The Kier molecular flexibility index (Phi) is 7.54. The third-order valence-corrected chi connectivity index (χ3v) is 4.06. The lowest BCUT2D eigenvalue weighted by atomic mass is 10.1. The first kappa shape index (κ1) is 20.2. The number of nitrogens with one attached hydrogen (secondary N) is 3. The van der Waals surface area contributed by atoms with E-state index >= 15 is 0 Å². The van der Waals surface area contributed by atoms with Gasteiger partial charge in [0.2, 0.25) is 0 Å². The molecule has 2 aromatic heterocycles. The van der Waals surface area contributed by atoms with Crippen LogP contribution in [0.15, 0.2) is 30.5 Å². The van der Waals surface area contributed by atoms with Crippen LogP contribution in [0.2, 0.25) is 0 Å². The number of pyridine rings is 2. The standard InChI is InChI=1S/C19H26N6O2/c1-13-16(18(26)21-2)8-7-15(25-13)5-3-4-10-22-19(27)24-12-14-6-9-17(20)23-11-14/h6-9,11H,3-5,10,12H2,1-2H3,(H2,20,23)(H,21,26)(H2,22,24,27). The second kappa shape index (κ2) is 10.1. The number of nitrogens with two attached hydrogens (primary N) is 1. The number of unbranched alkanes of at least 4 members (excludes halogenated alkanes) is 1. The molecule has 144 valence electrons. The number of nitrogens with zero attached hydrogens (tertiary/aromatic N) is 2. The van der Waals surface area contributed by atoms with Crippen molar-refractivity contribution in [3.63, 3.8) is 0 Å². The molecule has 0 fully saturated rings. The molecule has 5 N–H and O–H groups in total. The summed E-state index contributed by atoms with van der Waals surface area (Å²) >= 11 is 0. The van der Waals surface area contributed by atoms with Crippen LogP contribution < -0.4 is 21.7 Å². The highest BCUT2D eigenvalue weighted by atomic mass is 16.2. The SMILES string of the molecule is CNC(=O)c1ccc(CCCCNC(=O)NCc2ccc(N)nc2)nc1C. The van der Waals surface area contributed by atoms with Gasteiger partial charge in [0.15, 0.2) is 0 Å². The molecule has 0 aliphatic heterocycles. The van der Waals surface area contributed by atoms with Crippen LogP contribution in [-0.4, -0.2) is 35.5 Å². The summed E-state index contributed by atoms with van der Waals surface area (Å²) in [5.74, 6) is 0.327. The summed E-state index contributed by atoms with van der Waals surface area (Å²) in [5.41, 5.74) is 8.67. The molecule has 2 aromatic rings. The predicted octanol–water partition coefficient (Wildman–Crippen LogP) is 1.55. The Hall–Kier alpha value is -3.16. The Bertz CT molecular complexity index is 776. The van der Waals surface area contributed by atoms with E-state index in [0.717, 1.165) is 36.2 Å². The largest absolute Gasteiger partial charge is 0.384 e. The molecule has 2 heterocycles. The van der Waals surface area contributed by atoms with E-state index in [1.54, 1.807) is 25.4 Å². The van der Waals surface area contributed by atoms with Crippen molar-refractivity contribution in [1.29, 1.82) is 0 Å². The third-order valence-electron chi connectivity index (χ3n) is 4.06. The Morgan fingerprint density at radius 2 is 1.93 bits per heavy atom. The molecule has 3 amide bonds. The van der Waals surface area contributed by atoms with Crippen molar-refractivity contribution in [1.82, 2.24) is 25.9 Å². The molecule has 0 aromatic carbocycles. The van der Waals surface area contributed by atoms with Crippen LogP contribution in [0.3, 0.4) is 0 Å². The van der Waals surface area contributed by atoms with Gasteiger partial charge < -0.3 is 21.7 Å². The van der Waals surface area contributed by atoms with Crippen LogP contribution in [0.5, 0.6) is 0 Å². The monoisotopic (exact) mass is 370 g/mol. The van der Waals surface area contributed by atoms with E-state index in [0.29, 0.717) is 24.5 Å². The van der Waals surface area contributed by atoms with Gasteiger partial charge in [0, 0.05) is 32.0 Å². The van der Waals surface area contributed by atoms with Gasteiger partial charge in [0.05, 0.1) is 11.3 Å². The molecule has 0 saturated heterocycles. The number of rotatable bonds is 8. The summed E-state index contributed by atoms with van der Waals surface area (Å²) in [5, 5.41) is 8.20. The number of carbonyl (C=O) groups excluding carboxylic acids is 2. The Balaban J connectivity index is 1.64. The van der Waals surface area contributed by atoms with Crippen LogP contribution in [0.4, 0.5) is 10.6 Å². The summed E-state index contributed by atoms with van der Waals surface area (Å²) in [6.07, 6.45) is 4.18. The van der Waals surface area contributed by atoms with Crippen molar-refractivity contribution in [3.05, 3.63) is 53.0 Å². The van der Waals surface area contributed by atoms with Gasteiger partial charge in [-0.3, -0.25) is 9.78 Å². The Morgan fingerprint density at radius 3 is 2.59 bits per heavy atom. The molecule has 0 saturated carbocycles. The number of urea groups is 1. The third kappa shape index (κ3) is 6.58. The van der Waals surface area contributed by atoms with E-state index in [2.05, 4.69) is 25.9 Å². The molecule has 8 nitrogen and oxygen atoms in total. The molecule has 0 aliphatic rings. The van der Waals surface area contributed by atoms with E-state index in [9.17, 15) is 9.59 Å². The maximum Gasteiger partial charge on any atom is 0.315 e. The highest BCUT2D eigenvalue weighted by Gasteiger charge is 2.08. The topological polar surface area (TPSA) is 122 Å². The highest BCUT2D eigenvalue weighted by molar-refractivity contribution is 5.94. The van der Waals surface area contributed by atoms with Crippen molar-refractivity contribution in [2.24, 2.45) is 0 Å². The molecule has 0 aliphatic carbocycles. The number of amides is 3. The fourth-order valence-corrected chi connectivity index (χ4v) is 2.55. The summed E-state index contributed by atoms with van der Waals surface area (Å²) < 4.78 is 0. The Morgan fingerprint density at radius 1 is 1.11 bits per heavy atom. The van der Waals surface area contributed by atoms with Gasteiger partial charge >= 0.3 is 6.03 Å². The second-order valence-electron chi connectivity index (χ2n) is 6.17. The maximum absolute atomic E-state index is 11.8. The number of hydrogen-bond donors (Lipinski definition) is 4. The normalized spacial score (nSPS) is 10.3. The van der Waals surface area contributed by atoms with Gasteiger partial charge in [-0.1, -0.05) is 6.07 Å². The van der Waals surface area contributed by atoms with Crippen LogP contribution >= 0.6 is 0 Å². The zero-order chi connectivity index (χ0) is 19.6. The number of aromatic nitrogens is 2. The summed E-state index contributed by atoms with van der Waals surface area (Å²) in [6, 6.07) is 6.99. The quantitative estimate of drug-likeness (QED) is 0.525. The molecule has 0 spiro atoms. The average molecular weight is 370 g/mol. The smallest absolute Gasteiger partial charge is 0.315 e. The van der Waals surface area contributed by atoms with Crippen LogP contribution in [0.1, 0.15) is 40.2 Å². The molecule has 2 rings (SSSR count). The molecule has 0 bridgehead atoms. The maximum atomic E-state index is 11.8. The average Bonchev–Trinajstić information content (AvgIpc) is 2.67. The number of anilines is 1. The van der Waals surface area contributed by atoms with Gasteiger partial charge in [-0.15, -0.1) is 0 Å². The lowest BCUT2D eigenvalue weighted by Crippen LogP contribution is -2.35. The minimum atomic E-state index is -0.212. The van der Waals surface area contributed by atoms with Crippen molar-refractivity contribution in [2.45, 2.75) is 32.7 Å². The lowest BCUT2D eigenvalue weighted by Gasteiger charge is -2.08. The minimum Gasteiger partial charge on any atom is -0.384 e. The van der Waals surface area contributed by atoms with E-state index in [1.807, 2.05) is 19.1 Å². The lowest BCUT2D eigenvalue weighted by molar-refractivity contribution is 0.0962. The van der Waals surface area contributed by atoms with Crippen molar-refractivity contribution < 1.29 is 9.59 Å². The zero-order valence-corrected chi connectivity index (χ0v) is 15.7. The van der Waals surface area contributed by atoms with Crippen molar-refractivity contribution >= 4 is 17.8 Å². The Labute approximate surface area is 159 Å². The van der Waals surface area contributed by atoms with E-state index < -0.39 is 0 Å². The number of hydrogen-bond acceptors (Lipinski definition) is 5. The van der Waals surface area contributed by atoms with E-state index in [-0.39, 0.29) is 11.9 Å². The predicted molar refractivity (Wildman–Crippen MR) is 104 cm³/mol. The number of carbonyl (C=O) groups is 2. The fraction of sp³-hybridized carbons (Fsp3) is 0.368. The van der Waals surface area contributed by atoms with Crippen LogP contribution in [0.25, 0.3) is 0 Å². The van der Waals surface area contributed by atoms with Gasteiger partial charge in [-0.05, 0) is 49.9 Å². The van der Waals surface area contributed by atoms with Gasteiger partial charge in [-0.2, -0.15) is 0 Å². The van der Waals surface area contributed by atoms with E-state index in [4.69, 9.17) is 5.73 Å². The highest BCUT2D eigenvalue weighted by Crippen LogP contribution is 2.09. The number of nitrogen functional groups attached to an aromatic ring is 1. The van der Waals surface area contributed by atoms with Crippen LogP contribution in [-0.2, 0) is 13.0 Å². The van der Waals surface area contributed by atoms with Gasteiger partial charge in [0.1, 0.15) is 5.82 Å². The number of aryl methyl sites for hydroxylation is 2. The molecular weight excluding hydrogens is 344 g/mol. The first-order valence-electron chi connectivity index (χ1n) is 8.90. The molecule has 0 atom stereocenters. The van der Waals surface area contributed by atoms with Gasteiger partial charge in [-0.25, -0.2) is 9.78 Å². The van der Waals surface area contributed by atoms with Crippen molar-refractivity contribution in [2.75, 3.05) is 19.3 Å². The first-order valence-corrected chi connectivity index (χ1v) is 8.90. The minimum absolute atomic E-state index is 0.128. The first-order chi connectivity index (χ1) is 13.0. The molecule has 0 unspecified atom stereocenters. The van der Waals surface area contributed by atoms with E-state index in [1.165, 1.54) is 0 Å².